The topological polar surface area (TPSA) is 85.1 Å². The van der Waals surface area contributed by atoms with Crippen LogP contribution in [0.4, 0.5) is 4.39 Å². The van der Waals surface area contributed by atoms with Crippen molar-refractivity contribution in [1.82, 2.24) is 15.0 Å². The van der Waals surface area contributed by atoms with Gasteiger partial charge < -0.3 is 23.8 Å². The second-order valence-corrected chi connectivity index (χ2v) is 10.2. The molecule has 1 fully saturated rings. The molecule has 1 atom stereocenters. The number of amides is 2. The summed E-state index contributed by atoms with van der Waals surface area (Å²) in [5.74, 6) is 0.137. The lowest BCUT2D eigenvalue weighted by Gasteiger charge is -2.42. The number of nitrogens with zero attached hydrogens (tertiary/aromatic N) is 3. The number of morpholine rings is 1. The lowest BCUT2D eigenvalue weighted by Crippen LogP contribution is -2.58. The summed E-state index contributed by atoms with van der Waals surface area (Å²) >= 11 is 0. The zero-order chi connectivity index (χ0) is 27.1. The molecule has 2 heterocycles. The van der Waals surface area contributed by atoms with Crippen molar-refractivity contribution in [3.05, 3.63) is 83.5 Å². The van der Waals surface area contributed by atoms with Crippen molar-refractivity contribution < 1.29 is 28.0 Å². The van der Waals surface area contributed by atoms with Crippen molar-refractivity contribution in [3.63, 3.8) is 0 Å². The Hall–Kier alpha value is -3.72. The Morgan fingerprint density at radius 3 is 2.61 bits per heavy atom. The summed E-state index contributed by atoms with van der Waals surface area (Å²) < 4.78 is 30.8. The number of carbonyl (C=O) groups is 2. The van der Waals surface area contributed by atoms with Gasteiger partial charge in [-0.3, -0.25) is 9.59 Å². The van der Waals surface area contributed by atoms with Crippen LogP contribution in [0.5, 0.6) is 5.75 Å². The third kappa shape index (κ3) is 7.19. The molecule has 1 aliphatic rings. The Labute approximate surface area is 222 Å². The third-order valence-corrected chi connectivity index (χ3v) is 6.40. The van der Waals surface area contributed by atoms with Gasteiger partial charge in [-0.05, 0) is 42.2 Å². The van der Waals surface area contributed by atoms with E-state index in [2.05, 4.69) is 19.0 Å². The minimum Gasteiger partial charge on any atom is -0.490 e. The molecule has 3 aromatic rings. The average molecular weight is 524 g/mol. The molecular weight excluding hydrogens is 489 g/mol. The first-order valence-corrected chi connectivity index (χ1v) is 12.8. The predicted octanol–water partition coefficient (Wildman–Crippen LogP) is 4.35. The first kappa shape index (κ1) is 27.3. The van der Waals surface area contributed by atoms with E-state index < -0.39 is 5.60 Å². The third-order valence-electron chi connectivity index (χ3n) is 6.40. The van der Waals surface area contributed by atoms with Gasteiger partial charge in [-0.25, -0.2) is 4.39 Å². The zero-order valence-electron chi connectivity index (χ0n) is 22.1. The van der Waals surface area contributed by atoms with Gasteiger partial charge in [-0.2, -0.15) is 0 Å². The summed E-state index contributed by atoms with van der Waals surface area (Å²) in [6.07, 6.45) is 0.702. The van der Waals surface area contributed by atoms with Crippen molar-refractivity contribution in [2.24, 2.45) is 5.92 Å². The molecule has 2 aromatic carbocycles. The van der Waals surface area contributed by atoms with Crippen LogP contribution in [0.1, 0.15) is 42.1 Å². The van der Waals surface area contributed by atoms with Crippen LogP contribution in [0.25, 0.3) is 0 Å². The molecule has 2 amide bonds. The monoisotopic (exact) mass is 523 g/mol. The number of carbonyl (C=O) groups excluding carboxylic acids is 2. The Kier molecular flexibility index (Phi) is 8.78. The van der Waals surface area contributed by atoms with E-state index in [1.165, 1.54) is 24.3 Å². The van der Waals surface area contributed by atoms with Crippen LogP contribution in [0.2, 0.25) is 0 Å². The highest BCUT2D eigenvalue weighted by Crippen LogP contribution is 2.27. The van der Waals surface area contributed by atoms with E-state index in [1.807, 2.05) is 30.3 Å². The lowest BCUT2D eigenvalue weighted by molar-refractivity contribution is -0.152. The minimum absolute atomic E-state index is 0.00232. The Morgan fingerprint density at radius 2 is 1.89 bits per heavy atom. The molecule has 0 radical (unpaired) electrons. The summed E-state index contributed by atoms with van der Waals surface area (Å²) in [4.78, 5) is 29.9. The second-order valence-electron chi connectivity index (χ2n) is 10.2. The standard InChI is InChI=1S/C29H34FN3O5/c1-21(2)15-24-16-26(38-31-24)28(35)33-13-14-37-29(19-33,20-36-25-11-9-23(30)10-12-25)17-27(34)32(3)18-22-7-5-4-6-8-22/h4-12,16,21H,13-15,17-20H2,1-3H3/t29-/m0/s1. The number of rotatable bonds is 10. The van der Waals surface area contributed by atoms with Crippen LogP contribution in [0.3, 0.4) is 0 Å². The van der Waals surface area contributed by atoms with Gasteiger partial charge in [0.15, 0.2) is 0 Å². The van der Waals surface area contributed by atoms with Gasteiger partial charge in [0, 0.05) is 26.2 Å². The molecule has 38 heavy (non-hydrogen) atoms. The molecule has 8 nitrogen and oxygen atoms in total. The molecule has 0 bridgehead atoms. The fourth-order valence-electron chi connectivity index (χ4n) is 4.45. The minimum atomic E-state index is -1.11. The van der Waals surface area contributed by atoms with Crippen molar-refractivity contribution in [3.8, 4) is 5.75 Å². The Bertz CT molecular complexity index is 1210. The van der Waals surface area contributed by atoms with Crippen LogP contribution in [-0.2, 0) is 22.5 Å². The zero-order valence-corrected chi connectivity index (χ0v) is 22.1. The SMILES string of the molecule is CC(C)Cc1cc(C(=O)N2CCO[C@@](COc3ccc(F)cc3)(CC(=O)N(C)Cc3ccccc3)C2)on1. The molecule has 1 saturated heterocycles. The van der Waals surface area contributed by atoms with Gasteiger partial charge in [0.1, 0.15) is 23.8 Å². The van der Waals surface area contributed by atoms with Gasteiger partial charge >= 0.3 is 0 Å². The molecule has 0 unspecified atom stereocenters. The quantitative estimate of drug-likeness (QED) is 0.393. The van der Waals surface area contributed by atoms with E-state index in [9.17, 15) is 14.0 Å². The first-order valence-electron chi connectivity index (χ1n) is 12.8. The van der Waals surface area contributed by atoms with E-state index in [1.54, 1.807) is 22.9 Å². The summed E-state index contributed by atoms with van der Waals surface area (Å²) in [6, 6.07) is 17.0. The molecule has 0 aliphatic carbocycles. The van der Waals surface area contributed by atoms with Crippen LogP contribution < -0.4 is 4.74 Å². The largest absolute Gasteiger partial charge is 0.490 e. The molecule has 0 saturated carbocycles. The maximum absolute atomic E-state index is 13.4. The van der Waals surface area contributed by atoms with Crippen LogP contribution in [-0.4, -0.2) is 65.7 Å². The summed E-state index contributed by atoms with van der Waals surface area (Å²) in [5, 5.41) is 4.03. The highest BCUT2D eigenvalue weighted by atomic mass is 19.1. The highest BCUT2D eigenvalue weighted by Gasteiger charge is 2.42. The van der Waals surface area contributed by atoms with E-state index >= 15 is 0 Å². The van der Waals surface area contributed by atoms with Crippen molar-refractivity contribution >= 4 is 11.8 Å². The maximum atomic E-state index is 13.4. The average Bonchev–Trinajstić information content (AvgIpc) is 3.36. The molecule has 0 spiro atoms. The Balaban J connectivity index is 1.51. The van der Waals surface area contributed by atoms with Gasteiger partial charge in [0.25, 0.3) is 5.91 Å². The summed E-state index contributed by atoms with van der Waals surface area (Å²) in [6.45, 7) is 5.26. The van der Waals surface area contributed by atoms with E-state index in [4.69, 9.17) is 14.0 Å². The van der Waals surface area contributed by atoms with Crippen molar-refractivity contribution in [2.75, 3.05) is 33.4 Å². The summed E-state index contributed by atoms with van der Waals surface area (Å²) in [7, 11) is 1.74. The number of aromatic nitrogens is 1. The maximum Gasteiger partial charge on any atom is 0.292 e. The predicted molar refractivity (Wildman–Crippen MR) is 139 cm³/mol. The van der Waals surface area contributed by atoms with Crippen molar-refractivity contribution in [1.29, 1.82) is 0 Å². The van der Waals surface area contributed by atoms with E-state index in [-0.39, 0.29) is 49.6 Å². The van der Waals surface area contributed by atoms with Gasteiger partial charge in [0.2, 0.25) is 11.7 Å². The molecule has 1 aliphatic heterocycles. The van der Waals surface area contributed by atoms with Crippen LogP contribution >= 0.6 is 0 Å². The Morgan fingerprint density at radius 1 is 1.16 bits per heavy atom. The van der Waals surface area contributed by atoms with Gasteiger partial charge in [-0.1, -0.05) is 49.3 Å². The lowest BCUT2D eigenvalue weighted by atomic mass is 9.96. The normalized spacial score (nSPS) is 17.4. The van der Waals surface area contributed by atoms with Gasteiger partial charge in [0.05, 0.1) is 25.3 Å². The number of benzene rings is 2. The number of ether oxygens (including phenoxy) is 2. The summed E-state index contributed by atoms with van der Waals surface area (Å²) in [5.41, 5.74) is 0.620. The fraction of sp³-hybridized carbons (Fsp3) is 0.414. The second kappa shape index (κ2) is 12.2. The first-order chi connectivity index (χ1) is 18.2. The molecular formula is C29H34FN3O5. The van der Waals surface area contributed by atoms with E-state index in [0.29, 0.717) is 31.2 Å². The molecule has 0 N–H and O–H groups in total. The number of hydrogen-bond acceptors (Lipinski definition) is 6. The van der Waals surface area contributed by atoms with Crippen LogP contribution in [0, 0.1) is 11.7 Å². The fourth-order valence-corrected chi connectivity index (χ4v) is 4.45. The molecule has 202 valence electrons. The molecule has 9 heteroatoms. The van der Waals surface area contributed by atoms with E-state index in [0.717, 1.165) is 11.3 Å². The van der Waals surface area contributed by atoms with Gasteiger partial charge in [-0.15, -0.1) is 0 Å². The van der Waals surface area contributed by atoms with Crippen LogP contribution in [0.15, 0.2) is 65.2 Å². The number of hydrogen-bond donors (Lipinski definition) is 0. The molecule has 1 aromatic heterocycles. The van der Waals surface area contributed by atoms with Crippen molar-refractivity contribution in [2.45, 2.75) is 38.8 Å². The highest BCUT2D eigenvalue weighted by molar-refractivity contribution is 5.91. The number of halogens is 1. The molecule has 4 rings (SSSR count). The smallest absolute Gasteiger partial charge is 0.292 e.